The van der Waals surface area contributed by atoms with Crippen molar-refractivity contribution in [1.82, 2.24) is 10.6 Å². The van der Waals surface area contributed by atoms with Crippen molar-refractivity contribution in [3.05, 3.63) is 65.5 Å². The van der Waals surface area contributed by atoms with Gasteiger partial charge >= 0.3 is 0 Å². The number of benzene rings is 2. The van der Waals surface area contributed by atoms with E-state index in [1.807, 2.05) is 0 Å². The second-order valence-electron chi connectivity index (χ2n) is 7.01. The van der Waals surface area contributed by atoms with Crippen molar-refractivity contribution in [2.24, 2.45) is 5.92 Å². The predicted molar refractivity (Wildman–Crippen MR) is 103 cm³/mol. The fourth-order valence-corrected chi connectivity index (χ4v) is 3.29. The van der Waals surface area contributed by atoms with Crippen LogP contribution in [0.15, 0.2) is 42.5 Å². The Morgan fingerprint density at radius 2 is 1.72 bits per heavy atom. The number of hydrogen-bond donors (Lipinski definition) is 2. The Hall–Kier alpha value is -3.03. The monoisotopic (exact) mass is 405 g/mol. The van der Waals surface area contributed by atoms with Crippen LogP contribution in [0.1, 0.15) is 23.2 Å². The Labute approximate surface area is 166 Å². The fraction of sp³-hybridized carbons (Fsp3) is 0.333. The zero-order chi connectivity index (χ0) is 20.8. The standard InChI is InChI=1S/C21H22F3N3O2/c22-15-1-4-17(5-2-15)27-10-8-14(13-27)12-26-20(28)7-9-25-21(29)18-6-3-16(23)11-19(18)24/h1-6,11,14H,7-10,12-13H2,(H,25,29)(H,26,28). The Balaban J connectivity index is 1.36. The van der Waals surface area contributed by atoms with Crippen LogP contribution in [0, 0.1) is 23.4 Å². The van der Waals surface area contributed by atoms with Crippen molar-refractivity contribution in [2.75, 3.05) is 31.1 Å². The summed E-state index contributed by atoms with van der Waals surface area (Å²) in [5.74, 6) is -2.61. The molecular weight excluding hydrogens is 383 g/mol. The molecule has 0 bridgehead atoms. The van der Waals surface area contributed by atoms with Gasteiger partial charge in [0.25, 0.3) is 5.91 Å². The van der Waals surface area contributed by atoms with Crippen molar-refractivity contribution in [2.45, 2.75) is 12.8 Å². The van der Waals surface area contributed by atoms with Gasteiger partial charge in [-0.2, -0.15) is 0 Å². The first kappa shape index (κ1) is 20.7. The average Bonchev–Trinajstić information content (AvgIpc) is 3.16. The van der Waals surface area contributed by atoms with Crippen molar-refractivity contribution in [3.8, 4) is 0 Å². The van der Waals surface area contributed by atoms with Gasteiger partial charge in [0.15, 0.2) is 0 Å². The van der Waals surface area contributed by atoms with Crippen LogP contribution in [0.4, 0.5) is 18.9 Å². The van der Waals surface area contributed by atoms with Crippen molar-refractivity contribution in [1.29, 1.82) is 0 Å². The summed E-state index contributed by atoms with van der Waals surface area (Å²) >= 11 is 0. The van der Waals surface area contributed by atoms with Crippen LogP contribution in [0.5, 0.6) is 0 Å². The summed E-state index contributed by atoms with van der Waals surface area (Å²) in [7, 11) is 0. The molecule has 2 N–H and O–H groups in total. The van der Waals surface area contributed by atoms with Gasteiger partial charge in [-0.05, 0) is 48.7 Å². The molecule has 0 radical (unpaired) electrons. The lowest BCUT2D eigenvalue weighted by Crippen LogP contribution is -2.34. The molecule has 0 saturated carbocycles. The van der Waals surface area contributed by atoms with Crippen molar-refractivity contribution >= 4 is 17.5 Å². The molecule has 0 aliphatic carbocycles. The van der Waals surface area contributed by atoms with E-state index < -0.39 is 17.5 Å². The minimum atomic E-state index is -0.945. The summed E-state index contributed by atoms with van der Waals surface area (Å²) in [4.78, 5) is 26.0. The third kappa shape index (κ3) is 5.73. The van der Waals surface area contributed by atoms with Crippen molar-refractivity contribution < 1.29 is 22.8 Å². The summed E-state index contributed by atoms with van der Waals surface area (Å²) < 4.78 is 39.4. The van der Waals surface area contributed by atoms with Gasteiger partial charge in [0.1, 0.15) is 17.5 Å². The number of hydrogen-bond acceptors (Lipinski definition) is 3. The molecule has 3 rings (SSSR count). The first-order valence-corrected chi connectivity index (χ1v) is 9.43. The van der Waals surface area contributed by atoms with Crippen LogP contribution < -0.4 is 15.5 Å². The smallest absolute Gasteiger partial charge is 0.254 e. The number of rotatable bonds is 7. The summed E-state index contributed by atoms with van der Waals surface area (Å²) in [6.07, 6.45) is 0.973. The summed E-state index contributed by atoms with van der Waals surface area (Å²) in [6, 6.07) is 9.03. The van der Waals surface area contributed by atoms with E-state index in [0.717, 1.165) is 37.3 Å². The highest BCUT2D eigenvalue weighted by atomic mass is 19.1. The average molecular weight is 405 g/mol. The Kier molecular flexibility index (Phi) is 6.74. The molecule has 29 heavy (non-hydrogen) atoms. The van der Waals surface area contributed by atoms with E-state index in [-0.39, 0.29) is 36.2 Å². The molecular formula is C21H22F3N3O2. The molecule has 5 nitrogen and oxygen atoms in total. The molecule has 2 aromatic carbocycles. The maximum Gasteiger partial charge on any atom is 0.254 e. The second-order valence-corrected chi connectivity index (χ2v) is 7.01. The minimum Gasteiger partial charge on any atom is -0.371 e. The first-order valence-electron chi connectivity index (χ1n) is 9.43. The molecule has 1 aliphatic rings. The van der Waals surface area contributed by atoms with Crippen LogP contribution in [-0.4, -0.2) is 38.0 Å². The van der Waals surface area contributed by atoms with Crippen LogP contribution >= 0.6 is 0 Å². The van der Waals surface area contributed by atoms with Crippen LogP contribution in [0.25, 0.3) is 0 Å². The number of nitrogens with zero attached hydrogens (tertiary/aromatic N) is 1. The van der Waals surface area contributed by atoms with Crippen LogP contribution in [0.3, 0.4) is 0 Å². The topological polar surface area (TPSA) is 61.4 Å². The van der Waals surface area contributed by atoms with Gasteiger partial charge in [-0.15, -0.1) is 0 Å². The zero-order valence-electron chi connectivity index (χ0n) is 15.8. The molecule has 1 atom stereocenters. The number of halogens is 3. The molecule has 2 aromatic rings. The molecule has 2 amide bonds. The maximum absolute atomic E-state index is 13.6. The normalized spacial score (nSPS) is 16.0. The highest BCUT2D eigenvalue weighted by Gasteiger charge is 2.23. The van der Waals surface area contributed by atoms with Gasteiger partial charge in [-0.25, -0.2) is 13.2 Å². The quantitative estimate of drug-likeness (QED) is 0.745. The molecule has 8 heteroatoms. The van der Waals surface area contributed by atoms with Gasteiger partial charge in [-0.3, -0.25) is 9.59 Å². The lowest BCUT2D eigenvalue weighted by Gasteiger charge is -2.18. The molecule has 1 saturated heterocycles. The molecule has 0 aromatic heterocycles. The zero-order valence-corrected chi connectivity index (χ0v) is 15.8. The molecule has 0 spiro atoms. The third-order valence-electron chi connectivity index (χ3n) is 4.88. The van der Waals surface area contributed by atoms with Gasteiger partial charge in [0, 0.05) is 44.4 Å². The molecule has 154 valence electrons. The van der Waals surface area contributed by atoms with E-state index in [9.17, 15) is 22.8 Å². The van der Waals surface area contributed by atoms with E-state index in [1.165, 1.54) is 12.1 Å². The lowest BCUT2D eigenvalue weighted by atomic mass is 10.1. The summed E-state index contributed by atoms with van der Waals surface area (Å²) in [5, 5.41) is 5.29. The molecule has 1 unspecified atom stereocenters. The molecule has 1 aliphatic heterocycles. The molecule has 1 fully saturated rings. The number of anilines is 1. The number of amides is 2. The number of carbonyl (C=O) groups excluding carboxylic acids is 2. The lowest BCUT2D eigenvalue weighted by molar-refractivity contribution is -0.121. The SMILES string of the molecule is O=C(CCNC(=O)c1ccc(F)cc1F)NCC1CCN(c2ccc(F)cc2)C1. The number of carbonyl (C=O) groups is 2. The summed E-state index contributed by atoms with van der Waals surface area (Å²) in [6.45, 7) is 2.17. The van der Waals surface area contributed by atoms with E-state index in [2.05, 4.69) is 15.5 Å². The van der Waals surface area contributed by atoms with Gasteiger partial charge in [0.05, 0.1) is 5.56 Å². The minimum absolute atomic E-state index is 0.0495. The van der Waals surface area contributed by atoms with E-state index in [1.54, 1.807) is 12.1 Å². The van der Waals surface area contributed by atoms with Crippen LogP contribution in [-0.2, 0) is 4.79 Å². The highest BCUT2D eigenvalue weighted by molar-refractivity contribution is 5.94. The Morgan fingerprint density at radius 3 is 2.45 bits per heavy atom. The summed E-state index contributed by atoms with van der Waals surface area (Å²) in [5.41, 5.74) is 0.689. The maximum atomic E-state index is 13.6. The number of nitrogens with one attached hydrogen (secondary N) is 2. The van der Waals surface area contributed by atoms with Crippen molar-refractivity contribution in [3.63, 3.8) is 0 Å². The predicted octanol–water partition coefficient (Wildman–Crippen LogP) is 2.87. The highest BCUT2D eigenvalue weighted by Crippen LogP contribution is 2.23. The van der Waals surface area contributed by atoms with E-state index in [4.69, 9.17) is 0 Å². The first-order chi connectivity index (χ1) is 13.9. The second kappa shape index (κ2) is 9.45. The van der Waals surface area contributed by atoms with Gasteiger partial charge in [0.2, 0.25) is 5.91 Å². The fourth-order valence-electron chi connectivity index (χ4n) is 3.29. The third-order valence-corrected chi connectivity index (χ3v) is 4.88. The van der Waals surface area contributed by atoms with Crippen LogP contribution in [0.2, 0.25) is 0 Å². The van der Waals surface area contributed by atoms with Gasteiger partial charge in [-0.1, -0.05) is 0 Å². The largest absolute Gasteiger partial charge is 0.371 e. The van der Waals surface area contributed by atoms with Gasteiger partial charge < -0.3 is 15.5 Å². The Bertz CT molecular complexity index is 874. The Morgan fingerprint density at radius 1 is 1.00 bits per heavy atom. The molecule has 1 heterocycles. The van der Waals surface area contributed by atoms with E-state index >= 15 is 0 Å². The van der Waals surface area contributed by atoms with E-state index in [0.29, 0.717) is 12.6 Å².